The van der Waals surface area contributed by atoms with Crippen molar-refractivity contribution >= 4 is 23.2 Å². The number of hydrogen-bond acceptors (Lipinski definition) is 4. The number of carbonyl (C=O) groups excluding carboxylic acids is 1. The number of hydrogen-bond donors (Lipinski definition) is 2. The average molecular weight is 294 g/mol. The fraction of sp³-hybridized carbons (Fsp3) is 0.0769. The van der Waals surface area contributed by atoms with Gasteiger partial charge in [0, 0.05) is 18.2 Å². The van der Waals surface area contributed by atoms with Crippen molar-refractivity contribution in [3.05, 3.63) is 58.5 Å². The molecule has 0 radical (unpaired) electrons. The topological polar surface area (TPSA) is 77.3 Å². The molecular formula is C13H12ClN3O3. The van der Waals surface area contributed by atoms with Gasteiger partial charge in [0.15, 0.2) is 6.20 Å². The van der Waals surface area contributed by atoms with E-state index in [-0.39, 0.29) is 5.69 Å². The number of methoxy groups -OCH3 is 1. The Balaban J connectivity index is 2.09. The molecule has 0 bridgehead atoms. The third-order valence-electron chi connectivity index (χ3n) is 2.54. The molecule has 0 spiro atoms. The smallest absolute Gasteiger partial charge is 0.335 e. The van der Waals surface area contributed by atoms with Gasteiger partial charge in [-0.05, 0) is 18.2 Å². The summed E-state index contributed by atoms with van der Waals surface area (Å²) in [5, 5.41) is 11.8. The summed E-state index contributed by atoms with van der Waals surface area (Å²) in [6.07, 6.45) is 1.24. The van der Waals surface area contributed by atoms with Gasteiger partial charge in [0.1, 0.15) is 5.75 Å². The van der Waals surface area contributed by atoms with E-state index in [0.717, 1.165) is 0 Å². The highest BCUT2D eigenvalue weighted by molar-refractivity contribution is 6.33. The third kappa shape index (κ3) is 3.10. The number of nitrogens with zero attached hydrogens (tertiary/aromatic N) is 1. The molecule has 1 aromatic heterocycles. The van der Waals surface area contributed by atoms with Gasteiger partial charge in [0.05, 0.1) is 17.8 Å². The van der Waals surface area contributed by atoms with Crippen molar-refractivity contribution in [2.45, 2.75) is 0 Å². The largest absolute Gasteiger partial charge is 0.618 e. The lowest BCUT2D eigenvalue weighted by molar-refractivity contribution is -0.607. The summed E-state index contributed by atoms with van der Waals surface area (Å²) in [6, 6.07) is 9.50. The molecule has 7 heteroatoms. The number of carbonyl (C=O) groups is 1. The van der Waals surface area contributed by atoms with Crippen LogP contribution in [0, 0.1) is 5.21 Å². The van der Waals surface area contributed by atoms with Crippen LogP contribution < -0.4 is 20.3 Å². The maximum absolute atomic E-state index is 11.8. The first-order valence-electron chi connectivity index (χ1n) is 5.70. The quantitative estimate of drug-likeness (QED) is 0.511. The first kappa shape index (κ1) is 14.0. The second kappa shape index (κ2) is 6.12. The fourth-order valence-corrected chi connectivity index (χ4v) is 1.68. The average Bonchev–Trinajstić information content (AvgIpc) is 2.46. The Hall–Kier alpha value is -2.47. The molecule has 0 aliphatic heterocycles. The van der Waals surface area contributed by atoms with Crippen LogP contribution in [0.5, 0.6) is 5.75 Å². The highest BCUT2D eigenvalue weighted by atomic mass is 35.5. The van der Waals surface area contributed by atoms with Gasteiger partial charge in [-0.3, -0.25) is 15.6 Å². The standard InChI is InChI=1S/C13H12ClN3O3/c1-20-9-5-6-10(14)11(8-9)15-16-13(18)12-4-2-3-7-17(12)19/h2-8,15H,1H3,(H,16,18). The van der Waals surface area contributed by atoms with Crippen molar-refractivity contribution in [2.24, 2.45) is 0 Å². The number of pyridine rings is 1. The normalized spacial score (nSPS) is 9.90. The Morgan fingerprint density at radius 1 is 1.35 bits per heavy atom. The molecule has 2 aromatic rings. The van der Waals surface area contributed by atoms with E-state index < -0.39 is 5.91 Å². The molecule has 0 saturated carbocycles. The molecule has 0 aliphatic rings. The Kier molecular flexibility index (Phi) is 4.27. The predicted octanol–water partition coefficient (Wildman–Crippen LogP) is 1.74. The predicted molar refractivity (Wildman–Crippen MR) is 74.5 cm³/mol. The zero-order chi connectivity index (χ0) is 14.5. The summed E-state index contributed by atoms with van der Waals surface area (Å²) in [5.41, 5.74) is 5.48. The van der Waals surface area contributed by atoms with Crippen LogP contribution in [0.1, 0.15) is 10.5 Å². The van der Waals surface area contributed by atoms with E-state index in [9.17, 15) is 10.0 Å². The van der Waals surface area contributed by atoms with Crippen molar-refractivity contribution in [3.8, 4) is 5.75 Å². The molecule has 1 aromatic carbocycles. The second-order valence-electron chi connectivity index (χ2n) is 3.84. The molecule has 2 N–H and O–H groups in total. The molecule has 20 heavy (non-hydrogen) atoms. The molecule has 104 valence electrons. The summed E-state index contributed by atoms with van der Waals surface area (Å²) in [5.74, 6) is 0.0178. The van der Waals surface area contributed by atoms with E-state index in [1.807, 2.05) is 0 Å². The van der Waals surface area contributed by atoms with Crippen molar-refractivity contribution in [1.29, 1.82) is 0 Å². The summed E-state index contributed by atoms with van der Waals surface area (Å²) in [6.45, 7) is 0. The van der Waals surface area contributed by atoms with E-state index in [1.54, 1.807) is 24.3 Å². The van der Waals surface area contributed by atoms with E-state index >= 15 is 0 Å². The van der Waals surface area contributed by atoms with E-state index in [2.05, 4.69) is 10.9 Å². The van der Waals surface area contributed by atoms with Crippen molar-refractivity contribution < 1.29 is 14.3 Å². The Labute approximate surface area is 120 Å². The first-order chi connectivity index (χ1) is 9.61. The number of halogens is 1. The van der Waals surface area contributed by atoms with Crippen molar-refractivity contribution in [1.82, 2.24) is 5.43 Å². The Bertz CT molecular complexity index is 634. The number of amides is 1. The minimum Gasteiger partial charge on any atom is -0.618 e. The van der Waals surface area contributed by atoms with Gasteiger partial charge in [-0.25, -0.2) is 0 Å². The summed E-state index contributed by atoms with van der Waals surface area (Å²) in [4.78, 5) is 11.8. The third-order valence-corrected chi connectivity index (χ3v) is 2.87. The SMILES string of the molecule is COc1ccc(Cl)c(NNC(=O)c2cccc[n+]2[O-])c1. The van der Waals surface area contributed by atoms with Crippen LogP contribution in [0.15, 0.2) is 42.6 Å². The van der Waals surface area contributed by atoms with E-state index in [1.165, 1.54) is 25.4 Å². The van der Waals surface area contributed by atoms with Gasteiger partial charge in [-0.1, -0.05) is 11.6 Å². The number of benzene rings is 1. The van der Waals surface area contributed by atoms with Crippen LogP contribution >= 0.6 is 11.6 Å². The summed E-state index contributed by atoms with van der Waals surface area (Å²) >= 11 is 5.98. The van der Waals surface area contributed by atoms with Crippen LogP contribution in [0.4, 0.5) is 5.69 Å². The number of ether oxygens (including phenoxy) is 1. The van der Waals surface area contributed by atoms with Crippen LogP contribution in [-0.2, 0) is 0 Å². The number of anilines is 1. The zero-order valence-corrected chi connectivity index (χ0v) is 11.3. The lowest BCUT2D eigenvalue weighted by Crippen LogP contribution is -2.41. The van der Waals surface area contributed by atoms with Crippen LogP contribution in [0.3, 0.4) is 0 Å². The van der Waals surface area contributed by atoms with Gasteiger partial charge < -0.3 is 9.94 Å². The van der Waals surface area contributed by atoms with Gasteiger partial charge in [0.2, 0.25) is 0 Å². The van der Waals surface area contributed by atoms with E-state index in [4.69, 9.17) is 16.3 Å². The maximum Gasteiger partial charge on any atom is 0.335 e. The van der Waals surface area contributed by atoms with Crippen LogP contribution in [0.2, 0.25) is 5.02 Å². The highest BCUT2D eigenvalue weighted by Gasteiger charge is 2.14. The summed E-state index contributed by atoms with van der Waals surface area (Å²) in [7, 11) is 1.52. The van der Waals surface area contributed by atoms with Crippen molar-refractivity contribution in [2.75, 3.05) is 12.5 Å². The molecule has 6 nitrogen and oxygen atoms in total. The highest BCUT2D eigenvalue weighted by Crippen LogP contribution is 2.25. The maximum atomic E-state index is 11.8. The van der Waals surface area contributed by atoms with Crippen LogP contribution in [-0.4, -0.2) is 13.0 Å². The number of rotatable bonds is 4. The van der Waals surface area contributed by atoms with E-state index in [0.29, 0.717) is 21.2 Å². The lowest BCUT2D eigenvalue weighted by atomic mass is 10.3. The molecule has 0 fully saturated rings. The van der Waals surface area contributed by atoms with Crippen molar-refractivity contribution in [3.63, 3.8) is 0 Å². The molecule has 0 aliphatic carbocycles. The Morgan fingerprint density at radius 3 is 2.85 bits per heavy atom. The fourth-order valence-electron chi connectivity index (χ4n) is 1.52. The number of hydrazine groups is 1. The molecule has 0 atom stereocenters. The molecule has 2 rings (SSSR count). The first-order valence-corrected chi connectivity index (χ1v) is 6.07. The van der Waals surface area contributed by atoms with Gasteiger partial charge in [-0.15, -0.1) is 0 Å². The molecule has 0 unspecified atom stereocenters. The molecule has 1 heterocycles. The molecule has 0 saturated heterocycles. The molecule has 1 amide bonds. The number of nitrogens with one attached hydrogen (secondary N) is 2. The Morgan fingerprint density at radius 2 is 2.15 bits per heavy atom. The lowest BCUT2D eigenvalue weighted by Gasteiger charge is -2.11. The summed E-state index contributed by atoms with van der Waals surface area (Å²) < 4.78 is 5.53. The van der Waals surface area contributed by atoms with Gasteiger partial charge in [-0.2, -0.15) is 4.73 Å². The second-order valence-corrected chi connectivity index (χ2v) is 4.24. The van der Waals surface area contributed by atoms with Crippen LogP contribution in [0.25, 0.3) is 0 Å². The van der Waals surface area contributed by atoms with Gasteiger partial charge >= 0.3 is 5.91 Å². The number of aromatic nitrogens is 1. The van der Waals surface area contributed by atoms with Gasteiger partial charge in [0.25, 0.3) is 5.69 Å². The zero-order valence-electron chi connectivity index (χ0n) is 10.6. The monoisotopic (exact) mass is 293 g/mol. The molecular weight excluding hydrogens is 282 g/mol. The minimum absolute atomic E-state index is 0.0287. The minimum atomic E-state index is -0.570.